The third-order valence-corrected chi connectivity index (χ3v) is 10.8. The van der Waals surface area contributed by atoms with Crippen LogP contribution in [0, 0.1) is 0 Å². The molecule has 1 aliphatic carbocycles. The minimum Gasteiger partial charge on any atom is -0.0654 e. The number of benzene rings is 5. The van der Waals surface area contributed by atoms with Crippen molar-refractivity contribution in [2.75, 3.05) is 0 Å². The molecular formula is C43H49Br. The van der Waals surface area contributed by atoms with Crippen molar-refractivity contribution in [2.24, 2.45) is 0 Å². The highest BCUT2D eigenvalue weighted by atomic mass is 79.9. The van der Waals surface area contributed by atoms with Crippen LogP contribution in [0.2, 0.25) is 0 Å². The van der Waals surface area contributed by atoms with Crippen LogP contribution in [0.15, 0.2) is 95.5 Å². The molecule has 0 saturated heterocycles. The molecule has 0 bridgehead atoms. The molecule has 0 heterocycles. The zero-order chi connectivity index (χ0) is 30.4. The standard InChI is InChI=1S/C43H49Br/c1-3-5-7-9-11-17-27-43(28-18-12-10-8-6-4-2)41-30-33(23-25-38(41)39-26-24-34(44)31-42(39)43)40-29-32-19-13-14-20-35(32)36-21-15-16-22-37(36)40/h13-16,19-26,29-31H,3-12,17-18,27-28H2,1-2H3. The first kappa shape index (κ1) is 31.1. The third kappa shape index (κ3) is 6.28. The monoisotopic (exact) mass is 644 g/mol. The number of rotatable bonds is 15. The fourth-order valence-corrected chi connectivity index (χ4v) is 8.37. The molecular weight excluding hydrogens is 596 g/mol. The predicted octanol–water partition coefficient (Wildman–Crippen LogP) is 14.2. The van der Waals surface area contributed by atoms with Crippen molar-refractivity contribution in [3.8, 4) is 22.3 Å². The lowest BCUT2D eigenvalue weighted by molar-refractivity contribution is 0.398. The molecule has 1 heteroatoms. The summed E-state index contributed by atoms with van der Waals surface area (Å²) in [7, 11) is 0. The normalized spacial score (nSPS) is 13.4. The molecule has 5 aromatic carbocycles. The maximum Gasteiger partial charge on any atom is 0.0215 e. The average molecular weight is 646 g/mol. The van der Waals surface area contributed by atoms with Gasteiger partial charge in [0.25, 0.3) is 0 Å². The predicted molar refractivity (Wildman–Crippen MR) is 197 cm³/mol. The number of hydrogen-bond acceptors (Lipinski definition) is 0. The second-order valence-corrected chi connectivity index (χ2v) is 14.2. The van der Waals surface area contributed by atoms with Gasteiger partial charge in [0.05, 0.1) is 0 Å². The van der Waals surface area contributed by atoms with Gasteiger partial charge in [0.2, 0.25) is 0 Å². The van der Waals surface area contributed by atoms with Crippen LogP contribution in [0.25, 0.3) is 43.8 Å². The molecule has 0 radical (unpaired) electrons. The molecule has 0 unspecified atom stereocenters. The molecule has 5 aromatic rings. The third-order valence-electron chi connectivity index (χ3n) is 10.3. The lowest BCUT2D eigenvalue weighted by Gasteiger charge is -2.33. The van der Waals surface area contributed by atoms with E-state index in [1.807, 2.05) is 0 Å². The van der Waals surface area contributed by atoms with E-state index in [-0.39, 0.29) is 5.41 Å². The molecule has 0 spiro atoms. The van der Waals surface area contributed by atoms with E-state index in [2.05, 4.69) is 121 Å². The molecule has 228 valence electrons. The number of unbranched alkanes of at least 4 members (excludes halogenated alkanes) is 10. The van der Waals surface area contributed by atoms with Crippen LogP contribution < -0.4 is 0 Å². The average Bonchev–Trinajstić information content (AvgIpc) is 3.32. The van der Waals surface area contributed by atoms with Crippen LogP contribution in [0.4, 0.5) is 0 Å². The van der Waals surface area contributed by atoms with Crippen LogP contribution in [-0.2, 0) is 5.41 Å². The van der Waals surface area contributed by atoms with E-state index < -0.39 is 0 Å². The summed E-state index contributed by atoms with van der Waals surface area (Å²) in [6.45, 7) is 4.63. The number of halogens is 1. The molecule has 0 saturated carbocycles. The molecule has 0 N–H and O–H groups in total. The van der Waals surface area contributed by atoms with Gasteiger partial charge in [0.1, 0.15) is 0 Å². The smallest absolute Gasteiger partial charge is 0.0215 e. The summed E-state index contributed by atoms with van der Waals surface area (Å²) in [5, 5.41) is 5.35. The van der Waals surface area contributed by atoms with Crippen molar-refractivity contribution in [3.05, 3.63) is 107 Å². The van der Waals surface area contributed by atoms with Crippen molar-refractivity contribution < 1.29 is 0 Å². The Labute approximate surface area is 274 Å². The molecule has 0 aromatic heterocycles. The van der Waals surface area contributed by atoms with E-state index in [9.17, 15) is 0 Å². The highest BCUT2D eigenvalue weighted by Crippen LogP contribution is 2.55. The fourth-order valence-electron chi connectivity index (χ4n) is 8.01. The van der Waals surface area contributed by atoms with Crippen molar-refractivity contribution in [1.29, 1.82) is 0 Å². The first-order chi connectivity index (χ1) is 21.7. The van der Waals surface area contributed by atoms with Gasteiger partial charge >= 0.3 is 0 Å². The number of hydrogen-bond donors (Lipinski definition) is 0. The highest BCUT2D eigenvalue weighted by molar-refractivity contribution is 9.10. The minimum absolute atomic E-state index is 0.0760. The van der Waals surface area contributed by atoms with Gasteiger partial charge < -0.3 is 0 Å². The Kier molecular flexibility index (Phi) is 10.2. The van der Waals surface area contributed by atoms with Crippen molar-refractivity contribution in [1.82, 2.24) is 0 Å². The zero-order valence-electron chi connectivity index (χ0n) is 26.9. The van der Waals surface area contributed by atoms with Gasteiger partial charge in [0, 0.05) is 9.89 Å². The van der Waals surface area contributed by atoms with Crippen LogP contribution in [-0.4, -0.2) is 0 Å². The first-order valence-electron chi connectivity index (χ1n) is 17.5. The molecule has 44 heavy (non-hydrogen) atoms. The van der Waals surface area contributed by atoms with Gasteiger partial charge in [0.15, 0.2) is 0 Å². The summed E-state index contributed by atoms with van der Waals surface area (Å²) in [5.41, 5.74) is 8.83. The molecule has 0 amide bonds. The molecule has 0 aliphatic heterocycles. The van der Waals surface area contributed by atoms with Crippen LogP contribution in [0.3, 0.4) is 0 Å². The van der Waals surface area contributed by atoms with Crippen LogP contribution in [0.1, 0.15) is 115 Å². The Balaban J connectivity index is 1.44. The first-order valence-corrected chi connectivity index (χ1v) is 18.3. The highest BCUT2D eigenvalue weighted by Gasteiger charge is 2.42. The van der Waals surface area contributed by atoms with Gasteiger partial charge in [-0.3, -0.25) is 0 Å². The lowest BCUT2D eigenvalue weighted by atomic mass is 9.70. The molecule has 0 atom stereocenters. The van der Waals surface area contributed by atoms with Gasteiger partial charge in [-0.25, -0.2) is 0 Å². The SMILES string of the molecule is CCCCCCCCC1(CCCCCCCC)c2cc(Br)ccc2-c2ccc(-c3cc4ccccc4c4ccccc34)cc21. The van der Waals surface area contributed by atoms with Gasteiger partial charge in [-0.1, -0.05) is 174 Å². The second kappa shape index (κ2) is 14.5. The maximum atomic E-state index is 3.88. The quantitative estimate of drug-likeness (QED) is 0.0785. The Hall–Kier alpha value is -2.90. The fraction of sp³-hybridized carbons (Fsp3) is 0.395. The Morgan fingerprint density at radius 1 is 0.477 bits per heavy atom. The summed E-state index contributed by atoms with van der Waals surface area (Å²) < 4.78 is 1.21. The lowest BCUT2D eigenvalue weighted by Crippen LogP contribution is -2.25. The molecule has 6 rings (SSSR count). The summed E-state index contributed by atoms with van der Waals surface area (Å²) in [4.78, 5) is 0. The van der Waals surface area contributed by atoms with E-state index in [1.165, 1.54) is 138 Å². The van der Waals surface area contributed by atoms with Crippen molar-refractivity contribution >= 4 is 37.5 Å². The Morgan fingerprint density at radius 3 is 1.70 bits per heavy atom. The van der Waals surface area contributed by atoms with E-state index in [4.69, 9.17) is 0 Å². The summed E-state index contributed by atoms with van der Waals surface area (Å²) in [5.74, 6) is 0. The van der Waals surface area contributed by atoms with Gasteiger partial charge in [-0.05, 0) is 92.0 Å². The van der Waals surface area contributed by atoms with Gasteiger partial charge in [-0.2, -0.15) is 0 Å². The second-order valence-electron chi connectivity index (χ2n) is 13.3. The maximum absolute atomic E-state index is 3.88. The summed E-state index contributed by atoms with van der Waals surface area (Å²) >= 11 is 3.88. The topological polar surface area (TPSA) is 0 Å². The zero-order valence-corrected chi connectivity index (χ0v) is 28.5. The van der Waals surface area contributed by atoms with Gasteiger partial charge in [-0.15, -0.1) is 0 Å². The minimum atomic E-state index is 0.0760. The molecule has 1 aliphatic rings. The Morgan fingerprint density at radius 2 is 1.02 bits per heavy atom. The number of fused-ring (bicyclic) bond motifs is 6. The Bertz CT molecular complexity index is 1690. The van der Waals surface area contributed by atoms with Crippen LogP contribution in [0.5, 0.6) is 0 Å². The summed E-state index contributed by atoms with van der Waals surface area (Å²) in [6.07, 6.45) is 18.6. The van der Waals surface area contributed by atoms with E-state index >= 15 is 0 Å². The molecule has 0 nitrogen and oxygen atoms in total. The van der Waals surface area contributed by atoms with E-state index in [0.717, 1.165) is 0 Å². The van der Waals surface area contributed by atoms with Crippen LogP contribution >= 0.6 is 15.9 Å². The van der Waals surface area contributed by atoms with E-state index in [1.54, 1.807) is 11.1 Å². The van der Waals surface area contributed by atoms with Crippen molar-refractivity contribution in [2.45, 2.75) is 109 Å². The largest absolute Gasteiger partial charge is 0.0654 e. The summed E-state index contributed by atoms with van der Waals surface area (Å²) in [6, 6.07) is 34.8. The molecule has 0 fully saturated rings. The van der Waals surface area contributed by atoms with Crippen molar-refractivity contribution in [3.63, 3.8) is 0 Å². The van der Waals surface area contributed by atoms with E-state index in [0.29, 0.717) is 0 Å².